The highest BCUT2D eigenvalue weighted by Gasteiger charge is 2.19. The number of amides is 1. The fraction of sp³-hybridized carbons (Fsp3) is 0.263. The third-order valence-corrected chi connectivity index (χ3v) is 5.56. The minimum atomic E-state index is -0.255. The normalized spacial score (nSPS) is 12.5. The zero-order chi connectivity index (χ0) is 17.8. The first kappa shape index (κ1) is 17.9. The van der Waals surface area contributed by atoms with Gasteiger partial charge >= 0.3 is 0 Å². The predicted molar refractivity (Wildman–Crippen MR) is 104 cm³/mol. The molecule has 1 N–H and O–H groups in total. The van der Waals surface area contributed by atoms with Crippen molar-refractivity contribution in [2.45, 2.75) is 26.1 Å². The Morgan fingerprint density at radius 1 is 1.24 bits per heavy atom. The second-order valence-electron chi connectivity index (χ2n) is 5.98. The largest absolute Gasteiger partial charge is 0.351 e. The Bertz CT molecular complexity index is 847. The maximum absolute atomic E-state index is 12.4. The van der Waals surface area contributed by atoms with E-state index in [9.17, 15) is 4.79 Å². The average molecular weight is 374 g/mol. The molecule has 1 aromatic heterocycles. The second-order valence-corrected chi connectivity index (χ2v) is 7.50. The van der Waals surface area contributed by atoms with Gasteiger partial charge in [-0.25, -0.2) is 4.98 Å². The van der Waals surface area contributed by atoms with Crippen LogP contribution >= 0.6 is 22.9 Å². The van der Waals surface area contributed by atoms with Gasteiger partial charge in [0.25, 0.3) is 0 Å². The van der Waals surface area contributed by atoms with E-state index in [0.29, 0.717) is 18.1 Å². The number of nitrogens with one attached hydrogen (secondary N) is 1. The lowest BCUT2D eigenvalue weighted by molar-refractivity contribution is -0.125. The van der Waals surface area contributed by atoms with E-state index in [1.807, 2.05) is 61.3 Å². The van der Waals surface area contributed by atoms with Crippen molar-refractivity contribution >= 4 is 39.1 Å². The molecule has 1 heterocycles. The van der Waals surface area contributed by atoms with Gasteiger partial charge in [0.05, 0.1) is 22.8 Å². The molecule has 0 aliphatic rings. The summed E-state index contributed by atoms with van der Waals surface area (Å²) < 4.78 is 1.17. The molecular weight excluding hydrogens is 354 g/mol. The van der Waals surface area contributed by atoms with Crippen LogP contribution in [0.2, 0.25) is 5.02 Å². The quantitative estimate of drug-likeness (QED) is 0.707. The van der Waals surface area contributed by atoms with Crippen molar-refractivity contribution in [1.82, 2.24) is 15.2 Å². The van der Waals surface area contributed by atoms with Gasteiger partial charge < -0.3 is 5.32 Å². The van der Waals surface area contributed by atoms with Crippen LogP contribution in [0.1, 0.15) is 17.5 Å². The third kappa shape index (κ3) is 4.37. The highest BCUT2D eigenvalue weighted by molar-refractivity contribution is 7.18. The van der Waals surface area contributed by atoms with Crippen LogP contribution in [0.5, 0.6) is 0 Å². The van der Waals surface area contributed by atoms with Crippen LogP contribution in [0.4, 0.5) is 0 Å². The van der Waals surface area contributed by atoms with Gasteiger partial charge in [0.1, 0.15) is 5.01 Å². The van der Waals surface area contributed by atoms with E-state index in [4.69, 9.17) is 11.6 Å². The van der Waals surface area contributed by atoms with Crippen molar-refractivity contribution in [1.29, 1.82) is 0 Å². The maximum atomic E-state index is 12.4. The molecule has 6 heteroatoms. The standard InChI is InChI=1S/C19H20ClN3OS/c1-13(19(24)21-11-14-7-3-4-8-15(14)20)23(2)12-18-22-16-9-5-6-10-17(16)25-18/h3-10,13H,11-12H2,1-2H3,(H,21,24). The van der Waals surface area contributed by atoms with Gasteiger partial charge in [-0.2, -0.15) is 0 Å². The number of thiazole rings is 1. The molecule has 4 nitrogen and oxygen atoms in total. The number of fused-ring (bicyclic) bond motifs is 1. The van der Waals surface area contributed by atoms with Crippen LogP contribution in [-0.2, 0) is 17.9 Å². The zero-order valence-electron chi connectivity index (χ0n) is 14.2. The van der Waals surface area contributed by atoms with Crippen LogP contribution in [0, 0.1) is 0 Å². The molecule has 0 radical (unpaired) electrons. The van der Waals surface area contributed by atoms with Crippen LogP contribution in [0.3, 0.4) is 0 Å². The summed E-state index contributed by atoms with van der Waals surface area (Å²) in [5.41, 5.74) is 1.92. The highest BCUT2D eigenvalue weighted by Crippen LogP contribution is 2.22. The molecular formula is C19H20ClN3OS. The van der Waals surface area contributed by atoms with Gasteiger partial charge in [0.15, 0.2) is 0 Å². The van der Waals surface area contributed by atoms with E-state index >= 15 is 0 Å². The Morgan fingerprint density at radius 3 is 2.72 bits per heavy atom. The topological polar surface area (TPSA) is 45.2 Å². The molecule has 0 aliphatic heterocycles. The molecule has 0 spiro atoms. The molecule has 130 valence electrons. The van der Waals surface area contributed by atoms with Crippen molar-refractivity contribution in [3.8, 4) is 0 Å². The maximum Gasteiger partial charge on any atom is 0.237 e. The summed E-state index contributed by atoms with van der Waals surface area (Å²) >= 11 is 7.79. The number of hydrogen-bond acceptors (Lipinski definition) is 4. The molecule has 0 aliphatic carbocycles. The molecule has 3 aromatic rings. The zero-order valence-corrected chi connectivity index (χ0v) is 15.8. The lowest BCUT2D eigenvalue weighted by Crippen LogP contribution is -2.42. The van der Waals surface area contributed by atoms with Crippen molar-refractivity contribution < 1.29 is 4.79 Å². The summed E-state index contributed by atoms with van der Waals surface area (Å²) in [6.45, 7) is 2.97. The lowest BCUT2D eigenvalue weighted by atomic mass is 10.2. The molecule has 0 bridgehead atoms. The Labute approximate surface area is 156 Å². The van der Waals surface area contributed by atoms with E-state index in [1.165, 1.54) is 4.70 Å². The Balaban J connectivity index is 1.58. The van der Waals surface area contributed by atoms with Gasteiger partial charge in [-0.1, -0.05) is 41.9 Å². The number of para-hydroxylation sites is 1. The van der Waals surface area contributed by atoms with E-state index in [-0.39, 0.29) is 11.9 Å². The smallest absolute Gasteiger partial charge is 0.237 e. The Hall–Kier alpha value is -1.95. The number of hydrogen-bond donors (Lipinski definition) is 1. The SMILES string of the molecule is CC(C(=O)NCc1ccccc1Cl)N(C)Cc1nc2ccccc2s1. The summed E-state index contributed by atoms with van der Waals surface area (Å²) in [5, 5.41) is 4.62. The van der Waals surface area contributed by atoms with Crippen LogP contribution in [0.15, 0.2) is 48.5 Å². The van der Waals surface area contributed by atoms with Crippen LogP contribution in [0.25, 0.3) is 10.2 Å². The number of aromatic nitrogens is 1. The average Bonchev–Trinajstić information content (AvgIpc) is 3.02. The summed E-state index contributed by atoms with van der Waals surface area (Å²) in [4.78, 5) is 19.0. The fourth-order valence-corrected chi connectivity index (χ4v) is 3.74. The lowest BCUT2D eigenvalue weighted by Gasteiger charge is -2.23. The van der Waals surface area contributed by atoms with E-state index in [1.54, 1.807) is 11.3 Å². The molecule has 1 unspecified atom stereocenters. The highest BCUT2D eigenvalue weighted by atomic mass is 35.5. The summed E-state index contributed by atoms with van der Waals surface area (Å²) in [6.07, 6.45) is 0. The molecule has 25 heavy (non-hydrogen) atoms. The van der Waals surface area contributed by atoms with Crippen molar-refractivity contribution in [3.05, 3.63) is 64.1 Å². The summed E-state index contributed by atoms with van der Waals surface area (Å²) in [7, 11) is 1.94. The first-order valence-electron chi connectivity index (χ1n) is 8.10. The second kappa shape index (κ2) is 7.95. The number of benzene rings is 2. The van der Waals surface area contributed by atoms with E-state index in [0.717, 1.165) is 16.1 Å². The first-order valence-corrected chi connectivity index (χ1v) is 9.30. The van der Waals surface area contributed by atoms with Crippen molar-refractivity contribution in [3.63, 3.8) is 0 Å². The van der Waals surface area contributed by atoms with E-state index < -0.39 is 0 Å². The molecule has 0 saturated carbocycles. The molecule has 0 saturated heterocycles. The number of rotatable bonds is 6. The summed E-state index contributed by atoms with van der Waals surface area (Å²) in [5.74, 6) is -0.0245. The van der Waals surface area contributed by atoms with Crippen LogP contribution < -0.4 is 5.32 Å². The Kier molecular flexibility index (Phi) is 5.68. The third-order valence-electron chi connectivity index (χ3n) is 4.17. The van der Waals surface area contributed by atoms with Crippen LogP contribution in [-0.4, -0.2) is 28.9 Å². The number of carbonyl (C=O) groups is 1. The van der Waals surface area contributed by atoms with Crippen molar-refractivity contribution in [2.24, 2.45) is 0 Å². The van der Waals surface area contributed by atoms with Gasteiger partial charge in [0.2, 0.25) is 5.91 Å². The molecule has 3 rings (SSSR count). The van der Waals surface area contributed by atoms with Gasteiger partial charge in [-0.05, 0) is 37.7 Å². The number of nitrogens with zero attached hydrogens (tertiary/aromatic N) is 2. The monoisotopic (exact) mass is 373 g/mol. The molecule has 1 atom stereocenters. The summed E-state index contributed by atoms with van der Waals surface area (Å²) in [6, 6.07) is 15.3. The minimum absolute atomic E-state index is 0.0245. The fourth-order valence-electron chi connectivity index (χ4n) is 2.51. The molecule has 0 fully saturated rings. The van der Waals surface area contributed by atoms with Gasteiger partial charge in [0, 0.05) is 11.6 Å². The van der Waals surface area contributed by atoms with Crippen molar-refractivity contribution in [2.75, 3.05) is 7.05 Å². The van der Waals surface area contributed by atoms with Gasteiger partial charge in [-0.15, -0.1) is 11.3 Å². The number of carbonyl (C=O) groups excluding carboxylic acids is 1. The number of likely N-dealkylation sites (N-methyl/N-ethyl adjacent to an activating group) is 1. The number of halogens is 1. The first-order chi connectivity index (χ1) is 12.0. The molecule has 1 amide bonds. The Morgan fingerprint density at radius 2 is 1.96 bits per heavy atom. The minimum Gasteiger partial charge on any atom is -0.351 e. The molecule has 2 aromatic carbocycles. The predicted octanol–water partition coefficient (Wildman–Crippen LogP) is 4.09. The van der Waals surface area contributed by atoms with E-state index in [2.05, 4.69) is 16.4 Å². The van der Waals surface area contributed by atoms with Gasteiger partial charge in [-0.3, -0.25) is 9.69 Å².